The van der Waals surface area contributed by atoms with Crippen LogP contribution in [0.25, 0.3) is 17.0 Å². The van der Waals surface area contributed by atoms with Crippen LogP contribution in [0.3, 0.4) is 0 Å². The molecule has 3 nitrogen and oxygen atoms in total. The normalized spacial score (nSPS) is 17.8. The lowest BCUT2D eigenvalue weighted by molar-refractivity contribution is -0.126. The van der Waals surface area contributed by atoms with Crippen molar-refractivity contribution < 1.29 is 4.79 Å². The van der Waals surface area contributed by atoms with Gasteiger partial charge in [-0.25, -0.2) is 0 Å². The molecule has 1 unspecified atom stereocenters. The van der Waals surface area contributed by atoms with Gasteiger partial charge in [-0.2, -0.15) is 0 Å². The van der Waals surface area contributed by atoms with Gasteiger partial charge in [-0.3, -0.25) is 9.78 Å². The van der Waals surface area contributed by atoms with E-state index in [0.29, 0.717) is 0 Å². The SMILES string of the molecule is O=C(/C=C/c1cccc2cccnc12)N1CCCC1c1cccs1. The number of carbonyl (C=O) groups is 1. The van der Waals surface area contributed by atoms with E-state index in [0.717, 1.165) is 35.9 Å². The molecule has 0 saturated carbocycles. The molecule has 1 aliphatic rings. The zero-order valence-corrected chi connectivity index (χ0v) is 14.1. The van der Waals surface area contributed by atoms with Crippen molar-refractivity contribution in [3.8, 4) is 0 Å². The molecule has 4 heteroatoms. The summed E-state index contributed by atoms with van der Waals surface area (Å²) in [5.74, 6) is 0.0823. The first-order valence-electron chi connectivity index (χ1n) is 8.19. The fraction of sp³-hybridized carbons (Fsp3) is 0.200. The number of pyridine rings is 1. The number of rotatable bonds is 3. The lowest BCUT2D eigenvalue weighted by Gasteiger charge is -2.22. The van der Waals surface area contributed by atoms with Crippen molar-refractivity contribution in [1.29, 1.82) is 0 Å². The molecule has 1 amide bonds. The molecule has 1 aliphatic heterocycles. The molecule has 4 rings (SSSR count). The molecule has 0 bridgehead atoms. The Morgan fingerprint density at radius 3 is 3.00 bits per heavy atom. The van der Waals surface area contributed by atoms with Gasteiger partial charge in [0.05, 0.1) is 11.6 Å². The Morgan fingerprint density at radius 2 is 2.12 bits per heavy atom. The number of likely N-dealkylation sites (tertiary alicyclic amines) is 1. The van der Waals surface area contributed by atoms with Crippen molar-refractivity contribution in [2.45, 2.75) is 18.9 Å². The molecule has 3 aromatic rings. The topological polar surface area (TPSA) is 33.2 Å². The van der Waals surface area contributed by atoms with Gasteiger partial charge in [-0.05, 0) is 36.4 Å². The van der Waals surface area contributed by atoms with E-state index in [1.54, 1.807) is 23.6 Å². The Hall–Kier alpha value is -2.46. The Labute approximate surface area is 145 Å². The van der Waals surface area contributed by atoms with Crippen LogP contribution in [0.4, 0.5) is 0 Å². The van der Waals surface area contributed by atoms with Gasteiger partial charge in [0.2, 0.25) is 5.91 Å². The molecular formula is C20H18N2OS. The van der Waals surface area contributed by atoms with Crippen LogP contribution < -0.4 is 0 Å². The van der Waals surface area contributed by atoms with Gasteiger partial charge >= 0.3 is 0 Å². The Balaban J connectivity index is 1.58. The minimum Gasteiger partial charge on any atom is -0.331 e. The van der Waals surface area contributed by atoms with Crippen molar-refractivity contribution in [3.05, 3.63) is 70.6 Å². The molecule has 1 saturated heterocycles. The average Bonchev–Trinajstić information content (AvgIpc) is 3.30. The van der Waals surface area contributed by atoms with Gasteiger partial charge in [0.1, 0.15) is 0 Å². The smallest absolute Gasteiger partial charge is 0.247 e. The van der Waals surface area contributed by atoms with Gasteiger partial charge in [0.25, 0.3) is 0 Å². The Bertz CT molecular complexity index is 880. The van der Waals surface area contributed by atoms with E-state index in [1.807, 2.05) is 41.3 Å². The largest absolute Gasteiger partial charge is 0.331 e. The van der Waals surface area contributed by atoms with E-state index < -0.39 is 0 Å². The van der Waals surface area contributed by atoms with Crippen LogP contribution in [0, 0.1) is 0 Å². The molecule has 1 aromatic carbocycles. The van der Waals surface area contributed by atoms with Crippen LogP contribution in [0.15, 0.2) is 60.1 Å². The van der Waals surface area contributed by atoms with Gasteiger partial charge in [-0.1, -0.05) is 30.3 Å². The number of thiophene rings is 1. The average molecular weight is 334 g/mol. The van der Waals surface area contributed by atoms with Crippen LogP contribution in [-0.2, 0) is 4.79 Å². The van der Waals surface area contributed by atoms with E-state index in [9.17, 15) is 4.79 Å². The maximum atomic E-state index is 12.7. The third-order valence-corrected chi connectivity index (χ3v) is 5.45. The van der Waals surface area contributed by atoms with Crippen molar-refractivity contribution in [2.75, 3.05) is 6.54 Å². The minimum absolute atomic E-state index is 0.0823. The lowest BCUT2D eigenvalue weighted by Crippen LogP contribution is -2.28. The maximum Gasteiger partial charge on any atom is 0.247 e. The number of hydrogen-bond donors (Lipinski definition) is 0. The second-order valence-electron chi connectivity index (χ2n) is 5.96. The van der Waals surface area contributed by atoms with Crippen LogP contribution in [0.1, 0.15) is 29.3 Å². The van der Waals surface area contributed by atoms with Crippen molar-refractivity contribution in [2.24, 2.45) is 0 Å². The number of amides is 1. The molecule has 24 heavy (non-hydrogen) atoms. The third-order valence-electron chi connectivity index (χ3n) is 4.48. The molecule has 0 radical (unpaired) electrons. The number of hydrogen-bond acceptors (Lipinski definition) is 3. The Morgan fingerprint density at radius 1 is 1.21 bits per heavy atom. The molecule has 0 N–H and O–H groups in total. The van der Waals surface area contributed by atoms with E-state index in [-0.39, 0.29) is 11.9 Å². The minimum atomic E-state index is 0.0823. The van der Waals surface area contributed by atoms with Crippen molar-refractivity contribution in [1.82, 2.24) is 9.88 Å². The maximum absolute atomic E-state index is 12.7. The second-order valence-corrected chi connectivity index (χ2v) is 6.94. The van der Waals surface area contributed by atoms with Crippen LogP contribution in [0.2, 0.25) is 0 Å². The molecule has 2 aromatic heterocycles. The molecule has 1 fully saturated rings. The summed E-state index contributed by atoms with van der Waals surface area (Å²) in [6.07, 6.45) is 7.49. The predicted molar refractivity (Wildman–Crippen MR) is 98.8 cm³/mol. The molecular weight excluding hydrogens is 316 g/mol. The molecule has 0 aliphatic carbocycles. The predicted octanol–water partition coefficient (Wildman–Crippen LogP) is 4.67. The number of fused-ring (bicyclic) bond motifs is 1. The standard InChI is InChI=1S/C20H18N2OS/c23-19(22-13-3-8-17(22)18-9-4-14-24-18)11-10-16-6-1-5-15-7-2-12-21-20(15)16/h1-2,4-7,9-12,14,17H,3,8,13H2/b11-10+. The van der Waals surface area contributed by atoms with Gasteiger partial charge in [0, 0.05) is 34.6 Å². The fourth-order valence-electron chi connectivity index (χ4n) is 3.33. The quantitative estimate of drug-likeness (QED) is 0.652. The summed E-state index contributed by atoms with van der Waals surface area (Å²) < 4.78 is 0. The first-order valence-corrected chi connectivity index (χ1v) is 9.07. The van der Waals surface area contributed by atoms with E-state index >= 15 is 0 Å². The van der Waals surface area contributed by atoms with Gasteiger partial charge < -0.3 is 4.90 Å². The highest BCUT2D eigenvalue weighted by Crippen LogP contribution is 2.34. The zero-order valence-electron chi connectivity index (χ0n) is 13.3. The second kappa shape index (κ2) is 6.57. The lowest BCUT2D eigenvalue weighted by atomic mass is 10.1. The van der Waals surface area contributed by atoms with Gasteiger partial charge in [-0.15, -0.1) is 11.3 Å². The summed E-state index contributed by atoms with van der Waals surface area (Å²) in [6, 6.07) is 14.4. The highest BCUT2D eigenvalue weighted by molar-refractivity contribution is 7.10. The van der Waals surface area contributed by atoms with E-state index in [4.69, 9.17) is 0 Å². The van der Waals surface area contributed by atoms with Crippen LogP contribution in [0.5, 0.6) is 0 Å². The number of carbonyl (C=O) groups excluding carboxylic acids is 1. The molecule has 0 spiro atoms. The van der Waals surface area contributed by atoms with Crippen molar-refractivity contribution in [3.63, 3.8) is 0 Å². The monoisotopic (exact) mass is 334 g/mol. The summed E-state index contributed by atoms with van der Waals surface area (Å²) in [6.45, 7) is 0.833. The highest BCUT2D eigenvalue weighted by atomic mass is 32.1. The van der Waals surface area contributed by atoms with Crippen LogP contribution in [-0.4, -0.2) is 22.3 Å². The molecule has 3 heterocycles. The summed E-state index contributed by atoms with van der Waals surface area (Å²) in [5.41, 5.74) is 1.91. The first-order chi connectivity index (χ1) is 11.8. The number of para-hydroxylation sites is 1. The summed E-state index contributed by atoms with van der Waals surface area (Å²) in [4.78, 5) is 20.4. The third kappa shape index (κ3) is 2.85. The number of aromatic nitrogens is 1. The van der Waals surface area contributed by atoms with Crippen LogP contribution >= 0.6 is 11.3 Å². The molecule has 1 atom stereocenters. The summed E-state index contributed by atoms with van der Waals surface area (Å²) in [7, 11) is 0. The Kier molecular flexibility index (Phi) is 4.13. The van der Waals surface area contributed by atoms with Gasteiger partial charge in [0.15, 0.2) is 0 Å². The molecule has 120 valence electrons. The number of benzene rings is 1. The summed E-state index contributed by atoms with van der Waals surface area (Å²) in [5, 5.41) is 3.17. The fourth-order valence-corrected chi connectivity index (χ4v) is 4.20. The van der Waals surface area contributed by atoms with Crippen molar-refractivity contribution >= 4 is 34.2 Å². The first kappa shape index (κ1) is 15.1. The highest BCUT2D eigenvalue weighted by Gasteiger charge is 2.29. The van der Waals surface area contributed by atoms with E-state index in [1.165, 1.54) is 4.88 Å². The summed E-state index contributed by atoms with van der Waals surface area (Å²) >= 11 is 1.73. The number of nitrogens with zero attached hydrogens (tertiary/aromatic N) is 2. The van der Waals surface area contributed by atoms with E-state index in [2.05, 4.69) is 22.5 Å². The zero-order chi connectivity index (χ0) is 16.4.